The molecular formula is C17H33NO. The summed E-state index contributed by atoms with van der Waals surface area (Å²) < 4.78 is 6.10. The Labute approximate surface area is 119 Å². The van der Waals surface area contributed by atoms with E-state index in [9.17, 15) is 0 Å². The third kappa shape index (κ3) is 4.46. The van der Waals surface area contributed by atoms with Crippen LogP contribution in [-0.4, -0.2) is 37.2 Å². The summed E-state index contributed by atoms with van der Waals surface area (Å²) in [5.74, 6) is 0.913. The fourth-order valence-corrected chi connectivity index (χ4v) is 3.65. The van der Waals surface area contributed by atoms with Gasteiger partial charge in [-0.2, -0.15) is 0 Å². The van der Waals surface area contributed by atoms with Crippen LogP contribution in [0.1, 0.15) is 65.7 Å². The normalized spacial score (nSPS) is 29.8. The van der Waals surface area contributed by atoms with Crippen molar-refractivity contribution >= 4 is 0 Å². The van der Waals surface area contributed by atoms with Gasteiger partial charge < -0.3 is 9.64 Å². The summed E-state index contributed by atoms with van der Waals surface area (Å²) in [6.07, 6.45) is 9.94. The summed E-state index contributed by atoms with van der Waals surface area (Å²) >= 11 is 0. The Kier molecular flexibility index (Phi) is 5.70. The van der Waals surface area contributed by atoms with Crippen molar-refractivity contribution < 1.29 is 4.74 Å². The Morgan fingerprint density at radius 3 is 2.26 bits per heavy atom. The van der Waals surface area contributed by atoms with Gasteiger partial charge in [-0.15, -0.1) is 0 Å². The van der Waals surface area contributed by atoms with Crippen LogP contribution >= 0.6 is 0 Å². The summed E-state index contributed by atoms with van der Waals surface area (Å²) in [7, 11) is 0. The minimum Gasteiger partial charge on any atom is -0.377 e. The predicted molar refractivity (Wildman–Crippen MR) is 81.4 cm³/mol. The zero-order chi connectivity index (χ0) is 13.7. The van der Waals surface area contributed by atoms with Gasteiger partial charge in [0.25, 0.3) is 0 Å². The number of hydrogen-bond donors (Lipinski definition) is 0. The molecule has 2 aliphatic rings. The van der Waals surface area contributed by atoms with Gasteiger partial charge in [-0.1, -0.05) is 27.2 Å². The van der Waals surface area contributed by atoms with Crippen molar-refractivity contribution in [2.24, 2.45) is 11.3 Å². The van der Waals surface area contributed by atoms with E-state index in [1.165, 1.54) is 58.0 Å². The second-order valence-corrected chi connectivity index (χ2v) is 7.24. The Morgan fingerprint density at radius 1 is 1.05 bits per heavy atom. The molecule has 0 unspecified atom stereocenters. The molecule has 2 fully saturated rings. The van der Waals surface area contributed by atoms with Crippen LogP contribution in [0.25, 0.3) is 0 Å². The first-order valence-electron chi connectivity index (χ1n) is 8.46. The van der Waals surface area contributed by atoms with E-state index < -0.39 is 0 Å². The zero-order valence-electron chi connectivity index (χ0n) is 13.3. The number of nitrogens with zero attached hydrogens (tertiary/aromatic N) is 1. The Balaban J connectivity index is 1.60. The fraction of sp³-hybridized carbons (Fsp3) is 1.00. The van der Waals surface area contributed by atoms with E-state index in [1.54, 1.807) is 0 Å². The molecule has 0 spiro atoms. The zero-order valence-corrected chi connectivity index (χ0v) is 13.3. The molecule has 0 amide bonds. The maximum atomic E-state index is 6.10. The molecule has 1 aliphatic heterocycles. The van der Waals surface area contributed by atoms with Crippen LogP contribution in [0.4, 0.5) is 0 Å². The van der Waals surface area contributed by atoms with Crippen LogP contribution < -0.4 is 0 Å². The van der Waals surface area contributed by atoms with Gasteiger partial charge in [0.1, 0.15) is 0 Å². The lowest BCUT2D eigenvalue weighted by Crippen LogP contribution is -2.32. The summed E-state index contributed by atoms with van der Waals surface area (Å²) in [6, 6.07) is 0. The largest absolute Gasteiger partial charge is 0.377 e. The first-order chi connectivity index (χ1) is 9.12. The van der Waals surface area contributed by atoms with Crippen molar-refractivity contribution in [1.82, 2.24) is 4.90 Å². The van der Waals surface area contributed by atoms with Crippen molar-refractivity contribution in [2.75, 3.05) is 26.2 Å². The monoisotopic (exact) mass is 267 g/mol. The van der Waals surface area contributed by atoms with Crippen LogP contribution in [0, 0.1) is 11.3 Å². The molecule has 2 nitrogen and oxygen atoms in total. The molecule has 0 aromatic rings. The van der Waals surface area contributed by atoms with Crippen molar-refractivity contribution in [3.63, 3.8) is 0 Å². The van der Waals surface area contributed by atoms with Gasteiger partial charge in [0.15, 0.2) is 0 Å². The molecule has 19 heavy (non-hydrogen) atoms. The molecule has 0 bridgehead atoms. The van der Waals surface area contributed by atoms with E-state index in [1.807, 2.05) is 0 Å². The van der Waals surface area contributed by atoms with E-state index in [0.717, 1.165) is 19.1 Å². The lowest BCUT2D eigenvalue weighted by atomic mass is 9.69. The highest BCUT2D eigenvalue weighted by Crippen LogP contribution is 2.40. The molecule has 1 aliphatic carbocycles. The molecule has 1 saturated heterocycles. The average Bonchev–Trinajstić information content (AvgIpc) is 2.92. The van der Waals surface area contributed by atoms with E-state index >= 15 is 0 Å². The topological polar surface area (TPSA) is 12.5 Å². The van der Waals surface area contributed by atoms with Crippen molar-refractivity contribution in [2.45, 2.75) is 71.8 Å². The minimum absolute atomic E-state index is 0.528. The fourth-order valence-electron chi connectivity index (χ4n) is 3.65. The van der Waals surface area contributed by atoms with Crippen LogP contribution in [0.15, 0.2) is 0 Å². The molecule has 2 heteroatoms. The lowest BCUT2D eigenvalue weighted by Gasteiger charge is -2.38. The van der Waals surface area contributed by atoms with Gasteiger partial charge in [-0.05, 0) is 62.9 Å². The molecule has 0 atom stereocenters. The average molecular weight is 267 g/mol. The van der Waals surface area contributed by atoms with Gasteiger partial charge in [0, 0.05) is 6.54 Å². The highest BCUT2D eigenvalue weighted by Gasteiger charge is 2.31. The standard InChI is InChI=1S/C17H33NO/c1-4-17(2,3)15-7-9-16(10-8-15)19-14-13-18-11-5-6-12-18/h15-16H,4-14H2,1-3H3. The van der Waals surface area contributed by atoms with Gasteiger partial charge in [-0.3, -0.25) is 0 Å². The number of rotatable bonds is 6. The van der Waals surface area contributed by atoms with E-state index in [-0.39, 0.29) is 0 Å². The van der Waals surface area contributed by atoms with E-state index in [2.05, 4.69) is 25.7 Å². The highest BCUT2D eigenvalue weighted by atomic mass is 16.5. The summed E-state index contributed by atoms with van der Waals surface area (Å²) in [5, 5.41) is 0. The van der Waals surface area contributed by atoms with Crippen LogP contribution in [0.3, 0.4) is 0 Å². The Hall–Kier alpha value is -0.0800. The van der Waals surface area contributed by atoms with Gasteiger partial charge in [0.2, 0.25) is 0 Å². The van der Waals surface area contributed by atoms with Crippen LogP contribution in [-0.2, 0) is 4.74 Å². The van der Waals surface area contributed by atoms with Crippen molar-refractivity contribution in [3.8, 4) is 0 Å². The molecule has 0 aromatic heterocycles. The van der Waals surface area contributed by atoms with E-state index in [4.69, 9.17) is 4.74 Å². The molecule has 1 saturated carbocycles. The summed E-state index contributed by atoms with van der Waals surface area (Å²) in [4.78, 5) is 2.55. The van der Waals surface area contributed by atoms with Gasteiger partial charge in [-0.25, -0.2) is 0 Å². The molecule has 0 radical (unpaired) electrons. The van der Waals surface area contributed by atoms with Crippen LogP contribution in [0.5, 0.6) is 0 Å². The predicted octanol–water partition coefficient (Wildman–Crippen LogP) is 4.09. The molecule has 112 valence electrons. The summed E-state index contributed by atoms with van der Waals surface area (Å²) in [6.45, 7) is 11.9. The summed E-state index contributed by atoms with van der Waals surface area (Å²) in [5.41, 5.74) is 0.528. The minimum atomic E-state index is 0.528. The molecule has 1 heterocycles. The number of hydrogen-bond acceptors (Lipinski definition) is 2. The quantitative estimate of drug-likeness (QED) is 0.718. The Morgan fingerprint density at radius 2 is 1.68 bits per heavy atom. The first kappa shape index (κ1) is 15.3. The van der Waals surface area contributed by atoms with Crippen molar-refractivity contribution in [3.05, 3.63) is 0 Å². The number of ether oxygens (including phenoxy) is 1. The first-order valence-corrected chi connectivity index (χ1v) is 8.46. The molecular weight excluding hydrogens is 234 g/mol. The lowest BCUT2D eigenvalue weighted by molar-refractivity contribution is -0.00577. The third-order valence-corrected chi connectivity index (χ3v) is 5.65. The molecule has 0 aromatic carbocycles. The highest BCUT2D eigenvalue weighted by molar-refractivity contribution is 4.83. The second-order valence-electron chi connectivity index (χ2n) is 7.24. The molecule has 0 N–H and O–H groups in total. The smallest absolute Gasteiger partial charge is 0.0597 e. The SMILES string of the molecule is CCC(C)(C)C1CCC(OCCN2CCCC2)CC1. The van der Waals surface area contributed by atoms with Crippen LogP contribution in [0.2, 0.25) is 0 Å². The number of likely N-dealkylation sites (tertiary alicyclic amines) is 1. The second kappa shape index (κ2) is 7.08. The third-order valence-electron chi connectivity index (χ3n) is 5.65. The maximum absolute atomic E-state index is 6.10. The Bertz CT molecular complexity index is 250. The maximum Gasteiger partial charge on any atom is 0.0597 e. The van der Waals surface area contributed by atoms with Gasteiger partial charge in [0.05, 0.1) is 12.7 Å². The van der Waals surface area contributed by atoms with Gasteiger partial charge >= 0.3 is 0 Å². The molecule has 2 rings (SSSR count). The van der Waals surface area contributed by atoms with E-state index in [0.29, 0.717) is 11.5 Å². The van der Waals surface area contributed by atoms with Crippen molar-refractivity contribution in [1.29, 1.82) is 0 Å².